The van der Waals surface area contributed by atoms with E-state index in [1.807, 2.05) is 20.8 Å². The molecule has 0 unspecified atom stereocenters. The standard InChI is InChI=1S/C13H25NO2.C9H10F2.CH4O/c1-5-10-6-8-11(9-7-10)14-12(15)16-13(2,3)4;1-7-4-3-5-8(6-7)9(2,10)11;1-2/h10-11H,5-9H2,1-4H3,(H,14,15);3-6H,1-2H3;2H,1H3. The third-order valence-corrected chi connectivity index (χ3v) is 4.67. The Balaban J connectivity index is 0.000000526. The fourth-order valence-electron chi connectivity index (χ4n) is 3.11. The Morgan fingerprint density at radius 3 is 2.07 bits per heavy atom. The highest BCUT2D eigenvalue weighted by atomic mass is 19.3. The highest BCUT2D eigenvalue weighted by Crippen LogP contribution is 2.27. The van der Waals surface area contributed by atoms with E-state index in [0.29, 0.717) is 6.04 Å². The second-order valence-corrected chi connectivity index (χ2v) is 8.53. The summed E-state index contributed by atoms with van der Waals surface area (Å²) in [4.78, 5) is 11.5. The lowest BCUT2D eigenvalue weighted by Gasteiger charge is -2.29. The van der Waals surface area contributed by atoms with Crippen LogP contribution in [0.15, 0.2) is 24.3 Å². The van der Waals surface area contributed by atoms with E-state index in [1.165, 1.54) is 31.4 Å². The lowest BCUT2D eigenvalue weighted by molar-refractivity contribution is 0.0174. The first-order valence-corrected chi connectivity index (χ1v) is 10.3. The molecule has 0 radical (unpaired) electrons. The maximum Gasteiger partial charge on any atom is 0.407 e. The molecule has 0 bridgehead atoms. The first-order valence-electron chi connectivity index (χ1n) is 10.3. The highest BCUT2D eigenvalue weighted by Gasteiger charge is 2.24. The van der Waals surface area contributed by atoms with Gasteiger partial charge in [0.2, 0.25) is 0 Å². The topological polar surface area (TPSA) is 58.6 Å². The van der Waals surface area contributed by atoms with E-state index in [0.717, 1.165) is 38.4 Å². The summed E-state index contributed by atoms with van der Waals surface area (Å²) in [5.41, 5.74) is 0.548. The maximum absolute atomic E-state index is 12.6. The number of nitrogens with one attached hydrogen (secondary N) is 1. The van der Waals surface area contributed by atoms with Crippen molar-refractivity contribution in [2.45, 2.75) is 91.2 Å². The Kier molecular flexibility index (Phi) is 12.0. The lowest BCUT2D eigenvalue weighted by Crippen LogP contribution is -2.40. The minimum absolute atomic E-state index is 0.0810. The zero-order valence-corrected chi connectivity index (χ0v) is 19.0. The number of hydrogen-bond donors (Lipinski definition) is 2. The van der Waals surface area contributed by atoms with Crippen molar-refractivity contribution < 1.29 is 23.4 Å². The number of benzene rings is 1. The number of aryl methyl sites for hydroxylation is 1. The van der Waals surface area contributed by atoms with Crippen molar-refractivity contribution in [3.63, 3.8) is 0 Å². The van der Waals surface area contributed by atoms with Gasteiger partial charge in [0.05, 0.1) is 0 Å². The van der Waals surface area contributed by atoms with Crippen LogP contribution in [0.4, 0.5) is 13.6 Å². The summed E-state index contributed by atoms with van der Waals surface area (Å²) < 4.78 is 30.5. The summed E-state index contributed by atoms with van der Waals surface area (Å²) in [7, 11) is 1.00. The fourth-order valence-corrected chi connectivity index (χ4v) is 3.11. The van der Waals surface area contributed by atoms with Crippen LogP contribution in [0.3, 0.4) is 0 Å². The summed E-state index contributed by atoms with van der Waals surface area (Å²) in [5.74, 6) is -1.86. The molecule has 0 aromatic heterocycles. The Morgan fingerprint density at radius 1 is 1.14 bits per heavy atom. The highest BCUT2D eigenvalue weighted by molar-refractivity contribution is 5.68. The van der Waals surface area contributed by atoms with Crippen molar-refractivity contribution in [2.75, 3.05) is 7.11 Å². The van der Waals surface area contributed by atoms with E-state index >= 15 is 0 Å². The summed E-state index contributed by atoms with van der Waals surface area (Å²) in [6, 6.07) is 6.70. The zero-order valence-electron chi connectivity index (χ0n) is 19.0. The van der Waals surface area contributed by atoms with Crippen LogP contribution in [-0.4, -0.2) is 30.0 Å². The molecule has 29 heavy (non-hydrogen) atoms. The predicted molar refractivity (Wildman–Crippen MR) is 114 cm³/mol. The molecule has 1 aliphatic rings. The van der Waals surface area contributed by atoms with E-state index in [9.17, 15) is 13.6 Å². The third kappa shape index (κ3) is 12.5. The molecule has 6 heteroatoms. The summed E-state index contributed by atoms with van der Waals surface area (Å²) >= 11 is 0. The molecule has 1 saturated carbocycles. The maximum atomic E-state index is 12.6. The zero-order chi connectivity index (χ0) is 22.7. The molecular formula is C23H39F2NO3. The molecule has 1 fully saturated rings. The first-order chi connectivity index (χ1) is 13.4. The van der Waals surface area contributed by atoms with E-state index < -0.39 is 11.5 Å². The van der Waals surface area contributed by atoms with Crippen molar-refractivity contribution in [3.8, 4) is 0 Å². The van der Waals surface area contributed by atoms with Gasteiger partial charge in [0, 0.05) is 25.6 Å². The van der Waals surface area contributed by atoms with Gasteiger partial charge in [-0.15, -0.1) is 0 Å². The molecule has 1 amide bonds. The average molecular weight is 416 g/mol. The Bertz CT molecular complexity index is 587. The van der Waals surface area contributed by atoms with Crippen molar-refractivity contribution in [3.05, 3.63) is 35.4 Å². The van der Waals surface area contributed by atoms with Crippen molar-refractivity contribution in [1.82, 2.24) is 5.32 Å². The van der Waals surface area contributed by atoms with Crippen molar-refractivity contribution in [1.29, 1.82) is 0 Å². The SMILES string of the molecule is CCC1CCC(NC(=O)OC(C)(C)C)CC1.CO.Cc1cccc(C(C)(F)F)c1. The number of hydrogen-bond acceptors (Lipinski definition) is 3. The van der Waals surface area contributed by atoms with Crippen LogP contribution in [0.25, 0.3) is 0 Å². The van der Waals surface area contributed by atoms with Crippen molar-refractivity contribution in [2.24, 2.45) is 5.92 Å². The van der Waals surface area contributed by atoms with Crippen LogP contribution in [0.2, 0.25) is 0 Å². The molecule has 168 valence electrons. The summed E-state index contributed by atoms with van der Waals surface area (Å²) in [5, 5.41) is 9.96. The van der Waals surface area contributed by atoms with Gasteiger partial charge in [-0.1, -0.05) is 43.2 Å². The Labute approximate surface area is 175 Å². The monoisotopic (exact) mass is 415 g/mol. The lowest BCUT2D eigenvalue weighted by atomic mass is 9.85. The molecule has 2 N–H and O–H groups in total. The molecule has 0 heterocycles. The number of carbonyl (C=O) groups excluding carboxylic acids is 1. The molecule has 1 aromatic rings. The quantitative estimate of drug-likeness (QED) is 0.618. The van der Waals surface area contributed by atoms with Crippen LogP contribution in [0.5, 0.6) is 0 Å². The fraction of sp³-hybridized carbons (Fsp3) is 0.696. The largest absolute Gasteiger partial charge is 0.444 e. The van der Waals surface area contributed by atoms with E-state index in [1.54, 1.807) is 19.1 Å². The van der Waals surface area contributed by atoms with Gasteiger partial charge in [-0.3, -0.25) is 0 Å². The smallest absolute Gasteiger partial charge is 0.407 e. The Hall–Kier alpha value is -1.69. The van der Waals surface area contributed by atoms with Gasteiger partial charge in [0.15, 0.2) is 0 Å². The number of ether oxygens (including phenoxy) is 1. The van der Waals surface area contributed by atoms with Crippen LogP contribution in [0, 0.1) is 12.8 Å². The second-order valence-electron chi connectivity index (χ2n) is 8.53. The Morgan fingerprint density at radius 2 is 1.69 bits per heavy atom. The molecule has 0 atom stereocenters. The van der Waals surface area contributed by atoms with Gasteiger partial charge in [0.1, 0.15) is 5.60 Å². The number of amides is 1. The number of rotatable bonds is 3. The molecule has 1 aromatic carbocycles. The van der Waals surface area contributed by atoms with Crippen LogP contribution in [0.1, 0.15) is 77.8 Å². The number of aliphatic hydroxyl groups is 1. The van der Waals surface area contributed by atoms with Crippen LogP contribution in [-0.2, 0) is 10.7 Å². The first kappa shape index (κ1) is 27.3. The number of aliphatic hydroxyl groups excluding tert-OH is 1. The number of carbonyl (C=O) groups is 1. The third-order valence-electron chi connectivity index (χ3n) is 4.67. The number of alkyl halides is 2. The molecule has 0 aliphatic heterocycles. The minimum Gasteiger partial charge on any atom is -0.444 e. The number of alkyl carbamates (subject to hydrolysis) is 1. The van der Waals surface area contributed by atoms with Crippen molar-refractivity contribution >= 4 is 6.09 Å². The molecular weight excluding hydrogens is 376 g/mol. The summed E-state index contributed by atoms with van der Waals surface area (Å²) in [6.07, 6.45) is 5.65. The van der Waals surface area contributed by atoms with E-state index in [4.69, 9.17) is 9.84 Å². The second kappa shape index (κ2) is 12.8. The normalized spacial score (nSPS) is 19.1. The van der Waals surface area contributed by atoms with Gasteiger partial charge in [-0.2, -0.15) is 0 Å². The molecule has 2 rings (SSSR count). The number of halogens is 2. The molecule has 0 saturated heterocycles. The van der Waals surface area contributed by atoms with Gasteiger partial charge in [0.25, 0.3) is 5.92 Å². The van der Waals surface area contributed by atoms with Gasteiger partial charge < -0.3 is 15.2 Å². The molecule has 0 spiro atoms. The van der Waals surface area contributed by atoms with Gasteiger partial charge in [-0.25, -0.2) is 13.6 Å². The summed E-state index contributed by atoms with van der Waals surface area (Å²) in [6.45, 7) is 10.6. The van der Waals surface area contributed by atoms with E-state index in [2.05, 4.69) is 12.2 Å². The molecule has 4 nitrogen and oxygen atoms in total. The molecule has 1 aliphatic carbocycles. The van der Waals surface area contributed by atoms with Gasteiger partial charge >= 0.3 is 6.09 Å². The average Bonchev–Trinajstić information content (AvgIpc) is 2.62. The minimum atomic E-state index is -2.72. The predicted octanol–water partition coefficient (Wildman–Crippen LogP) is 6.20. The van der Waals surface area contributed by atoms with Gasteiger partial charge in [-0.05, 0) is 59.3 Å². The van der Waals surface area contributed by atoms with Crippen LogP contribution < -0.4 is 5.32 Å². The van der Waals surface area contributed by atoms with Crippen LogP contribution >= 0.6 is 0 Å². The van der Waals surface area contributed by atoms with E-state index in [-0.39, 0.29) is 11.7 Å².